The number of nitrogens with one attached hydrogen (secondary N) is 2. The maximum Gasteiger partial charge on any atom is 0.293 e. The van der Waals surface area contributed by atoms with Gasteiger partial charge in [-0.15, -0.1) is 0 Å². The van der Waals surface area contributed by atoms with E-state index in [1.807, 2.05) is 0 Å². The summed E-state index contributed by atoms with van der Waals surface area (Å²) >= 11 is 14.2. The number of rotatable bonds is 7. The molecule has 11 heteroatoms. The Hall–Kier alpha value is -2.07. The minimum absolute atomic E-state index is 0.0765. The van der Waals surface area contributed by atoms with Crippen molar-refractivity contribution in [1.29, 1.82) is 0 Å². The van der Waals surface area contributed by atoms with Gasteiger partial charge < -0.3 is 10.6 Å². The van der Waals surface area contributed by atoms with Gasteiger partial charge in [0, 0.05) is 29.2 Å². The number of thiazole rings is 1. The van der Waals surface area contributed by atoms with Crippen LogP contribution in [0.4, 0.5) is 9.93 Å². The molecule has 3 amide bonds. The lowest BCUT2D eigenvalue weighted by Gasteiger charge is -2.12. The third-order valence-electron chi connectivity index (χ3n) is 4.65. The number of amides is 3. The van der Waals surface area contributed by atoms with Crippen LogP contribution in [-0.2, 0) is 4.79 Å². The van der Waals surface area contributed by atoms with Crippen molar-refractivity contribution in [2.75, 3.05) is 18.4 Å². The summed E-state index contributed by atoms with van der Waals surface area (Å²) in [6, 6.07) is 5.37. The fourth-order valence-electron chi connectivity index (χ4n) is 2.89. The van der Waals surface area contributed by atoms with Gasteiger partial charge in [-0.1, -0.05) is 40.6 Å². The number of hydrogen-bond donors (Lipinski definition) is 2. The van der Waals surface area contributed by atoms with Crippen LogP contribution in [0.1, 0.15) is 33.8 Å². The van der Waals surface area contributed by atoms with E-state index in [4.69, 9.17) is 23.2 Å². The van der Waals surface area contributed by atoms with Crippen molar-refractivity contribution in [2.45, 2.75) is 25.8 Å². The van der Waals surface area contributed by atoms with Crippen molar-refractivity contribution in [1.82, 2.24) is 15.2 Å². The normalized spacial score (nSPS) is 17.5. The van der Waals surface area contributed by atoms with Crippen LogP contribution in [-0.4, -0.2) is 46.1 Å². The predicted molar refractivity (Wildman–Crippen MR) is 125 cm³/mol. The van der Waals surface area contributed by atoms with E-state index < -0.39 is 5.91 Å². The topological polar surface area (TPSA) is 91.4 Å². The average molecular weight is 497 g/mol. The first-order chi connectivity index (χ1) is 14.8. The molecule has 1 saturated heterocycles. The summed E-state index contributed by atoms with van der Waals surface area (Å²) in [6.45, 7) is 2.01. The Bertz CT molecular complexity index is 1100. The standard InChI is InChI=1S/C20H18Cl2N4O3S2/c1-10-16(31-19(24-10)25-13-4-5-13)17(27)23-6-7-26-18(28)15(30-20(26)29)8-11-2-3-12(21)9-14(11)22/h2-3,8-9,13H,4-7H2,1H3,(H,23,27)(H,24,25)/b15-8-. The van der Waals surface area contributed by atoms with Gasteiger partial charge in [-0.05, 0) is 55.3 Å². The molecule has 162 valence electrons. The number of carbonyl (C=O) groups is 3. The van der Waals surface area contributed by atoms with Crippen molar-refractivity contribution in [3.05, 3.63) is 49.3 Å². The van der Waals surface area contributed by atoms with Crippen molar-refractivity contribution >= 4 is 74.6 Å². The van der Waals surface area contributed by atoms with Crippen molar-refractivity contribution < 1.29 is 14.4 Å². The SMILES string of the molecule is Cc1nc(NC2CC2)sc1C(=O)NCCN1C(=O)S/C(=C\c2ccc(Cl)cc2Cl)C1=O. The lowest BCUT2D eigenvalue weighted by Crippen LogP contribution is -2.37. The molecule has 2 heterocycles. The van der Waals surface area contributed by atoms with Gasteiger partial charge in [0.15, 0.2) is 5.13 Å². The van der Waals surface area contributed by atoms with Crippen molar-refractivity contribution in [3.8, 4) is 0 Å². The maximum atomic E-state index is 12.6. The first-order valence-electron chi connectivity index (χ1n) is 9.54. The zero-order valence-electron chi connectivity index (χ0n) is 16.4. The number of halogens is 2. The summed E-state index contributed by atoms with van der Waals surface area (Å²) in [5, 5.41) is 7.27. The Kier molecular flexibility index (Phi) is 6.57. The molecule has 1 aliphatic carbocycles. The van der Waals surface area contributed by atoms with E-state index >= 15 is 0 Å². The first kappa shape index (κ1) is 22.1. The molecule has 4 rings (SSSR count). The molecule has 1 saturated carbocycles. The molecule has 1 aromatic heterocycles. The quantitative estimate of drug-likeness (QED) is 0.534. The molecular formula is C20H18Cl2N4O3S2. The van der Waals surface area contributed by atoms with Crippen molar-refractivity contribution in [3.63, 3.8) is 0 Å². The number of imide groups is 1. The maximum absolute atomic E-state index is 12.6. The van der Waals surface area contributed by atoms with Crippen LogP contribution in [0.3, 0.4) is 0 Å². The number of thioether (sulfide) groups is 1. The highest BCUT2D eigenvalue weighted by Gasteiger charge is 2.35. The molecule has 0 spiro atoms. The highest BCUT2D eigenvalue weighted by Crippen LogP contribution is 2.34. The zero-order chi connectivity index (χ0) is 22.1. The molecule has 0 radical (unpaired) electrons. The second-order valence-corrected chi connectivity index (χ2v) is 9.94. The van der Waals surface area contributed by atoms with Gasteiger partial charge in [0.05, 0.1) is 10.6 Å². The Morgan fingerprint density at radius 1 is 1.32 bits per heavy atom. The second kappa shape index (κ2) is 9.20. The van der Waals surface area contributed by atoms with E-state index in [9.17, 15) is 14.4 Å². The highest BCUT2D eigenvalue weighted by molar-refractivity contribution is 8.18. The van der Waals surface area contributed by atoms with Gasteiger partial charge in [-0.3, -0.25) is 19.3 Å². The average Bonchev–Trinajstić information content (AvgIpc) is 3.39. The molecular weight excluding hydrogens is 479 g/mol. The monoisotopic (exact) mass is 496 g/mol. The molecule has 0 bridgehead atoms. The van der Waals surface area contributed by atoms with E-state index in [2.05, 4.69) is 15.6 Å². The van der Waals surface area contributed by atoms with Crippen molar-refractivity contribution in [2.24, 2.45) is 0 Å². The van der Waals surface area contributed by atoms with E-state index in [0.29, 0.717) is 32.2 Å². The van der Waals surface area contributed by atoms with Crippen LogP contribution < -0.4 is 10.6 Å². The largest absolute Gasteiger partial charge is 0.359 e. The van der Waals surface area contributed by atoms with Crippen LogP contribution >= 0.6 is 46.3 Å². The number of anilines is 1. The molecule has 2 N–H and O–H groups in total. The van der Waals surface area contributed by atoms with Crippen LogP contribution in [0.15, 0.2) is 23.1 Å². The molecule has 2 aromatic rings. The van der Waals surface area contributed by atoms with Gasteiger partial charge in [0.25, 0.3) is 17.1 Å². The lowest BCUT2D eigenvalue weighted by molar-refractivity contribution is -0.122. The minimum Gasteiger partial charge on any atom is -0.359 e. The van der Waals surface area contributed by atoms with Gasteiger partial charge in [0.1, 0.15) is 4.88 Å². The van der Waals surface area contributed by atoms with Crippen LogP contribution in [0, 0.1) is 6.92 Å². The molecule has 31 heavy (non-hydrogen) atoms. The Labute approximate surface area is 197 Å². The Morgan fingerprint density at radius 3 is 2.81 bits per heavy atom. The number of carbonyl (C=O) groups excluding carboxylic acids is 3. The molecule has 2 aliphatic rings. The summed E-state index contributed by atoms with van der Waals surface area (Å²) in [5.74, 6) is -0.686. The molecule has 1 aliphatic heterocycles. The molecule has 0 atom stereocenters. The molecule has 0 unspecified atom stereocenters. The summed E-state index contributed by atoms with van der Waals surface area (Å²) in [4.78, 5) is 43.7. The van der Waals surface area contributed by atoms with E-state index in [-0.39, 0.29) is 29.1 Å². The van der Waals surface area contributed by atoms with Gasteiger partial charge >= 0.3 is 0 Å². The number of hydrogen-bond acceptors (Lipinski definition) is 7. The minimum atomic E-state index is -0.417. The second-order valence-electron chi connectivity index (χ2n) is 7.11. The van der Waals surface area contributed by atoms with Gasteiger partial charge in [-0.2, -0.15) is 0 Å². The summed E-state index contributed by atoms with van der Waals surface area (Å²) in [5.41, 5.74) is 1.25. The smallest absolute Gasteiger partial charge is 0.293 e. The number of aromatic nitrogens is 1. The first-order valence-corrected chi connectivity index (χ1v) is 11.9. The number of nitrogens with zero attached hydrogens (tertiary/aromatic N) is 2. The highest BCUT2D eigenvalue weighted by atomic mass is 35.5. The van der Waals surface area contributed by atoms with Crippen LogP contribution in [0.2, 0.25) is 10.0 Å². The van der Waals surface area contributed by atoms with Gasteiger partial charge in [-0.25, -0.2) is 4.98 Å². The number of benzene rings is 1. The predicted octanol–water partition coefficient (Wildman–Crippen LogP) is 4.80. The fourth-order valence-corrected chi connectivity index (χ4v) is 5.16. The third kappa shape index (κ3) is 5.23. The number of aryl methyl sites for hydroxylation is 1. The Morgan fingerprint density at radius 2 is 2.10 bits per heavy atom. The zero-order valence-corrected chi connectivity index (χ0v) is 19.6. The summed E-state index contributed by atoms with van der Waals surface area (Å²) in [6.07, 6.45) is 3.81. The van der Waals surface area contributed by atoms with Crippen LogP contribution in [0.5, 0.6) is 0 Å². The van der Waals surface area contributed by atoms with E-state index in [0.717, 1.165) is 34.6 Å². The fraction of sp³-hybridized carbons (Fsp3) is 0.300. The summed E-state index contributed by atoms with van der Waals surface area (Å²) < 4.78 is 0. The third-order valence-corrected chi connectivity index (χ3v) is 7.21. The molecule has 2 fully saturated rings. The van der Waals surface area contributed by atoms with E-state index in [1.54, 1.807) is 31.2 Å². The Balaban J connectivity index is 1.35. The van der Waals surface area contributed by atoms with E-state index in [1.165, 1.54) is 11.3 Å². The lowest BCUT2D eigenvalue weighted by atomic mass is 10.2. The molecule has 1 aromatic carbocycles. The van der Waals surface area contributed by atoms with Gasteiger partial charge in [0.2, 0.25) is 0 Å². The molecule has 7 nitrogen and oxygen atoms in total. The summed E-state index contributed by atoms with van der Waals surface area (Å²) in [7, 11) is 0. The van der Waals surface area contributed by atoms with Crippen LogP contribution in [0.25, 0.3) is 6.08 Å².